The zero-order valence-electron chi connectivity index (χ0n) is 26.5. The molecule has 0 saturated carbocycles. The SMILES string of the molecule is c1ccc(N(c2ccc(-c3ccc4oc5ccccc5c4c3)cc2)c2cccc3oc4ccccc4c23)c(-c2cccc3ccccc23)c1. The fourth-order valence-corrected chi connectivity index (χ4v) is 7.42. The first-order chi connectivity index (χ1) is 24.3. The van der Waals surface area contributed by atoms with Gasteiger partial charge in [-0.3, -0.25) is 0 Å². The van der Waals surface area contributed by atoms with E-state index >= 15 is 0 Å². The van der Waals surface area contributed by atoms with Crippen LogP contribution in [-0.2, 0) is 0 Å². The molecule has 0 radical (unpaired) electrons. The lowest BCUT2D eigenvalue weighted by atomic mass is 9.95. The van der Waals surface area contributed by atoms with Crippen molar-refractivity contribution < 1.29 is 8.83 Å². The van der Waals surface area contributed by atoms with Gasteiger partial charge in [-0.1, -0.05) is 121 Å². The zero-order valence-corrected chi connectivity index (χ0v) is 26.5. The summed E-state index contributed by atoms with van der Waals surface area (Å²) in [6.07, 6.45) is 0. The highest BCUT2D eigenvalue weighted by molar-refractivity contribution is 6.14. The number of furan rings is 2. The lowest BCUT2D eigenvalue weighted by Crippen LogP contribution is -2.11. The first kappa shape index (κ1) is 27.5. The molecular formula is C46H29NO2. The molecular weight excluding hydrogens is 599 g/mol. The first-order valence-corrected chi connectivity index (χ1v) is 16.6. The minimum absolute atomic E-state index is 0.864. The molecule has 10 aromatic rings. The van der Waals surface area contributed by atoms with E-state index in [1.807, 2.05) is 24.3 Å². The van der Waals surface area contributed by atoms with Gasteiger partial charge in [-0.25, -0.2) is 0 Å². The average molecular weight is 628 g/mol. The van der Waals surface area contributed by atoms with E-state index in [1.54, 1.807) is 0 Å². The number of rotatable bonds is 5. The van der Waals surface area contributed by atoms with Crippen LogP contribution in [0.2, 0.25) is 0 Å². The molecule has 49 heavy (non-hydrogen) atoms. The summed E-state index contributed by atoms with van der Waals surface area (Å²) >= 11 is 0. The Balaban J connectivity index is 1.19. The van der Waals surface area contributed by atoms with Crippen molar-refractivity contribution in [3.63, 3.8) is 0 Å². The van der Waals surface area contributed by atoms with Crippen LogP contribution >= 0.6 is 0 Å². The molecule has 0 bridgehead atoms. The number of anilines is 3. The van der Waals surface area contributed by atoms with Gasteiger partial charge in [-0.15, -0.1) is 0 Å². The van der Waals surface area contributed by atoms with E-state index in [1.165, 1.54) is 16.3 Å². The van der Waals surface area contributed by atoms with Crippen LogP contribution in [0, 0.1) is 0 Å². The van der Waals surface area contributed by atoms with Crippen molar-refractivity contribution in [1.29, 1.82) is 0 Å². The van der Waals surface area contributed by atoms with Gasteiger partial charge in [0.15, 0.2) is 0 Å². The summed E-state index contributed by atoms with van der Waals surface area (Å²) < 4.78 is 12.5. The summed E-state index contributed by atoms with van der Waals surface area (Å²) in [5, 5.41) is 6.89. The van der Waals surface area contributed by atoms with Crippen molar-refractivity contribution in [2.24, 2.45) is 0 Å². The van der Waals surface area contributed by atoms with Crippen LogP contribution in [0.4, 0.5) is 17.1 Å². The third-order valence-corrected chi connectivity index (χ3v) is 9.68. The van der Waals surface area contributed by atoms with Crippen LogP contribution in [0.3, 0.4) is 0 Å². The highest BCUT2D eigenvalue weighted by Gasteiger charge is 2.22. The molecule has 10 rings (SSSR count). The zero-order chi connectivity index (χ0) is 32.3. The Kier molecular flexibility index (Phi) is 6.18. The standard InChI is InChI=1S/C46H29NO2/c1-2-13-34-31(11-1)12-9-17-35(34)36-14-3-6-18-40(36)47(41-19-10-22-45-46(41)38-16-5-8-21-43(38)49-45)33-26-23-30(24-27-33)32-25-28-44-39(29-32)37-15-4-7-20-42(37)48-44/h1-29H. The van der Waals surface area contributed by atoms with Crippen LogP contribution in [0.1, 0.15) is 0 Å². The molecule has 0 aliphatic rings. The van der Waals surface area contributed by atoms with Crippen LogP contribution < -0.4 is 4.90 Å². The lowest BCUT2D eigenvalue weighted by Gasteiger charge is -2.29. The molecule has 0 aliphatic heterocycles. The van der Waals surface area contributed by atoms with Crippen LogP contribution in [0.25, 0.3) is 76.9 Å². The van der Waals surface area contributed by atoms with Gasteiger partial charge in [0.1, 0.15) is 22.3 Å². The topological polar surface area (TPSA) is 29.5 Å². The number of nitrogens with zero attached hydrogens (tertiary/aromatic N) is 1. The Hall–Kier alpha value is -6.58. The molecule has 0 atom stereocenters. The van der Waals surface area contributed by atoms with Gasteiger partial charge in [-0.2, -0.15) is 0 Å². The number of hydrogen-bond acceptors (Lipinski definition) is 3. The molecule has 3 heteroatoms. The van der Waals surface area contributed by atoms with Crippen LogP contribution in [-0.4, -0.2) is 0 Å². The van der Waals surface area contributed by atoms with E-state index in [0.717, 1.165) is 77.6 Å². The number of para-hydroxylation sites is 3. The molecule has 0 fully saturated rings. The summed E-state index contributed by atoms with van der Waals surface area (Å²) in [5.74, 6) is 0. The largest absolute Gasteiger partial charge is 0.456 e. The second-order valence-electron chi connectivity index (χ2n) is 12.5. The highest BCUT2D eigenvalue weighted by atomic mass is 16.3. The van der Waals surface area contributed by atoms with Gasteiger partial charge in [-0.05, 0) is 82.1 Å². The van der Waals surface area contributed by atoms with Gasteiger partial charge in [0.05, 0.1) is 16.8 Å². The maximum absolute atomic E-state index is 6.39. The van der Waals surface area contributed by atoms with Crippen molar-refractivity contribution in [1.82, 2.24) is 0 Å². The number of benzene rings is 8. The number of hydrogen-bond donors (Lipinski definition) is 0. The van der Waals surface area contributed by atoms with E-state index in [0.29, 0.717) is 0 Å². The van der Waals surface area contributed by atoms with Crippen molar-refractivity contribution in [2.45, 2.75) is 0 Å². The second-order valence-corrected chi connectivity index (χ2v) is 12.5. The maximum Gasteiger partial charge on any atom is 0.137 e. The highest BCUT2D eigenvalue weighted by Crippen LogP contribution is 2.47. The van der Waals surface area contributed by atoms with Gasteiger partial charge >= 0.3 is 0 Å². The Labute approximate surface area is 282 Å². The van der Waals surface area contributed by atoms with Crippen molar-refractivity contribution >= 4 is 71.7 Å². The first-order valence-electron chi connectivity index (χ1n) is 16.6. The van der Waals surface area contributed by atoms with E-state index in [9.17, 15) is 0 Å². The molecule has 0 N–H and O–H groups in total. The van der Waals surface area contributed by atoms with Crippen molar-refractivity contribution in [2.75, 3.05) is 4.90 Å². The Bertz CT molecular complexity index is 2830. The fourth-order valence-electron chi connectivity index (χ4n) is 7.42. The molecule has 3 nitrogen and oxygen atoms in total. The number of fused-ring (bicyclic) bond motifs is 7. The molecule has 0 spiro atoms. The van der Waals surface area contributed by atoms with Gasteiger partial charge < -0.3 is 13.7 Å². The molecule has 2 aromatic heterocycles. The molecule has 0 aliphatic carbocycles. The average Bonchev–Trinajstić information content (AvgIpc) is 3.74. The Morgan fingerprint density at radius 2 is 0.918 bits per heavy atom. The normalized spacial score (nSPS) is 11.7. The molecule has 230 valence electrons. The summed E-state index contributed by atoms with van der Waals surface area (Å²) in [6.45, 7) is 0. The summed E-state index contributed by atoms with van der Waals surface area (Å²) in [4.78, 5) is 2.39. The maximum atomic E-state index is 6.39. The van der Waals surface area contributed by atoms with Gasteiger partial charge in [0.25, 0.3) is 0 Å². The third kappa shape index (κ3) is 4.44. The van der Waals surface area contributed by atoms with Gasteiger partial charge in [0, 0.05) is 27.4 Å². The van der Waals surface area contributed by atoms with E-state index in [-0.39, 0.29) is 0 Å². The van der Waals surface area contributed by atoms with E-state index in [2.05, 4.69) is 157 Å². The predicted octanol–water partition coefficient (Wildman–Crippen LogP) is 13.4. The summed E-state index contributed by atoms with van der Waals surface area (Å²) in [7, 11) is 0. The minimum Gasteiger partial charge on any atom is -0.456 e. The monoisotopic (exact) mass is 627 g/mol. The molecule has 0 unspecified atom stereocenters. The lowest BCUT2D eigenvalue weighted by molar-refractivity contribution is 0.668. The predicted molar refractivity (Wildman–Crippen MR) is 204 cm³/mol. The molecule has 2 heterocycles. The van der Waals surface area contributed by atoms with Crippen molar-refractivity contribution in [3.8, 4) is 22.3 Å². The minimum atomic E-state index is 0.864. The van der Waals surface area contributed by atoms with Crippen LogP contribution in [0.15, 0.2) is 185 Å². The quantitative estimate of drug-likeness (QED) is 0.190. The van der Waals surface area contributed by atoms with Gasteiger partial charge in [0.2, 0.25) is 0 Å². The van der Waals surface area contributed by atoms with E-state index in [4.69, 9.17) is 8.83 Å². The van der Waals surface area contributed by atoms with E-state index < -0.39 is 0 Å². The smallest absolute Gasteiger partial charge is 0.137 e. The molecule has 0 saturated heterocycles. The summed E-state index contributed by atoms with van der Waals surface area (Å²) in [5.41, 5.74) is 11.4. The Morgan fingerprint density at radius 1 is 0.347 bits per heavy atom. The second kappa shape index (κ2) is 11.0. The van der Waals surface area contributed by atoms with Crippen molar-refractivity contribution in [3.05, 3.63) is 176 Å². The van der Waals surface area contributed by atoms with Crippen LogP contribution in [0.5, 0.6) is 0 Å². The molecule has 8 aromatic carbocycles. The Morgan fingerprint density at radius 3 is 1.80 bits per heavy atom. The molecule has 0 amide bonds. The summed E-state index contributed by atoms with van der Waals surface area (Å²) in [6, 6.07) is 62.1. The fraction of sp³-hybridized carbons (Fsp3) is 0. The third-order valence-electron chi connectivity index (χ3n) is 9.68.